The van der Waals surface area contributed by atoms with Crippen LogP contribution in [0.4, 0.5) is 11.4 Å². The number of rotatable bonds is 5. The zero-order valence-electron chi connectivity index (χ0n) is 18.8. The summed E-state index contributed by atoms with van der Waals surface area (Å²) in [5.41, 5.74) is 3.87. The maximum absolute atomic E-state index is 13.6. The van der Waals surface area contributed by atoms with Gasteiger partial charge in [0, 0.05) is 15.5 Å². The second-order valence-corrected chi connectivity index (χ2v) is 10.0. The number of hydrogen-bond donors (Lipinski definition) is 0. The van der Waals surface area contributed by atoms with E-state index in [4.69, 9.17) is 4.42 Å². The fourth-order valence-corrected chi connectivity index (χ4v) is 5.88. The number of aromatic nitrogens is 3. The Morgan fingerprint density at radius 1 is 0.886 bits per heavy atom. The van der Waals surface area contributed by atoms with Crippen molar-refractivity contribution in [3.8, 4) is 17.3 Å². The Bertz CT molecular complexity index is 1470. The summed E-state index contributed by atoms with van der Waals surface area (Å²) in [6.07, 6.45) is 1.61. The predicted molar refractivity (Wildman–Crippen MR) is 139 cm³/mol. The lowest BCUT2D eigenvalue weighted by Crippen LogP contribution is -2.30. The average Bonchev–Trinajstić information content (AvgIpc) is 3.56. The monoisotopic (exact) mass is 496 g/mol. The average molecular weight is 497 g/mol. The van der Waals surface area contributed by atoms with Gasteiger partial charge < -0.3 is 4.42 Å². The third-order valence-electron chi connectivity index (χ3n) is 5.67. The van der Waals surface area contributed by atoms with Gasteiger partial charge in [-0.25, -0.2) is 0 Å². The Hall–Kier alpha value is -3.75. The van der Waals surface area contributed by atoms with E-state index in [2.05, 4.69) is 10.2 Å². The van der Waals surface area contributed by atoms with E-state index in [0.717, 1.165) is 32.4 Å². The van der Waals surface area contributed by atoms with Crippen LogP contribution in [0.1, 0.15) is 5.56 Å². The van der Waals surface area contributed by atoms with Crippen molar-refractivity contribution in [2.24, 2.45) is 0 Å². The maximum Gasteiger partial charge on any atom is 0.242 e. The molecule has 8 heteroatoms. The van der Waals surface area contributed by atoms with E-state index in [1.54, 1.807) is 18.0 Å². The highest BCUT2D eigenvalue weighted by atomic mass is 32.2. The van der Waals surface area contributed by atoms with Gasteiger partial charge in [0.25, 0.3) is 0 Å². The molecule has 3 aromatic carbocycles. The topological polar surface area (TPSA) is 64.2 Å². The summed E-state index contributed by atoms with van der Waals surface area (Å²) >= 11 is 3.05. The molecule has 3 heterocycles. The lowest BCUT2D eigenvalue weighted by molar-refractivity contribution is -0.115. The van der Waals surface area contributed by atoms with E-state index in [-0.39, 0.29) is 11.7 Å². The fourth-order valence-electron chi connectivity index (χ4n) is 4.02. The Labute approximate surface area is 211 Å². The van der Waals surface area contributed by atoms with Crippen LogP contribution in [0.2, 0.25) is 0 Å². The molecule has 0 saturated heterocycles. The van der Waals surface area contributed by atoms with Crippen molar-refractivity contribution in [3.63, 3.8) is 0 Å². The van der Waals surface area contributed by atoms with Crippen molar-refractivity contribution < 1.29 is 9.21 Å². The molecule has 6 rings (SSSR count). The molecule has 0 saturated carbocycles. The third-order valence-corrected chi connectivity index (χ3v) is 7.72. The minimum atomic E-state index is -0.0202. The zero-order valence-corrected chi connectivity index (χ0v) is 20.4. The van der Waals surface area contributed by atoms with Crippen molar-refractivity contribution in [3.05, 3.63) is 96.8 Å². The first-order valence-electron chi connectivity index (χ1n) is 11.1. The largest absolute Gasteiger partial charge is 0.461 e. The summed E-state index contributed by atoms with van der Waals surface area (Å²) in [7, 11) is 0. The molecule has 0 radical (unpaired) electrons. The summed E-state index contributed by atoms with van der Waals surface area (Å²) in [5, 5.41) is 9.43. The summed E-state index contributed by atoms with van der Waals surface area (Å²) in [6, 6.07) is 27.8. The van der Waals surface area contributed by atoms with Crippen LogP contribution < -0.4 is 4.90 Å². The van der Waals surface area contributed by atoms with Crippen molar-refractivity contribution in [1.82, 2.24) is 14.8 Å². The van der Waals surface area contributed by atoms with Gasteiger partial charge in [0.15, 0.2) is 10.9 Å². The first-order chi connectivity index (χ1) is 17.2. The van der Waals surface area contributed by atoms with Crippen LogP contribution in [0.5, 0.6) is 0 Å². The quantitative estimate of drug-likeness (QED) is 0.251. The molecule has 0 aliphatic carbocycles. The molecule has 1 aliphatic heterocycles. The fraction of sp³-hybridized carbons (Fsp3) is 0.0741. The molecule has 35 heavy (non-hydrogen) atoms. The third kappa shape index (κ3) is 4.05. The smallest absolute Gasteiger partial charge is 0.242 e. The number of furan rings is 1. The Balaban J connectivity index is 1.34. The Morgan fingerprint density at radius 2 is 1.57 bits per heavy atom. The Kier molecular flexibility index (Phi) is 5.67. The lowest BCUT2D eigenvalue weighted by Gasteiger charge is -2.30. The molecular weight excluding hydrogens is 476 g/mol. The molecule has 0 atom stereocenters. The van der Waals surface area contributed by atoms with Crippen LogP contribution >= 0.6 is 23.5 Å². The van der Waals surface area contributed by atoms with Crippen LogP contribution in [-0.2, 0) is 4.79 Å². The van der Waals surface area contributed by atoms with Crippen LogP contribution in [0, 0.1) is 6.92 Å². The normalized spacial score (nSPS) is 12.3. The van der Waals surface area contributed by atoms with Crippen LogP contribution in [0.15, 0.2) is 111 Å². The minimum Gasteiger partial charge on any atom is -0.461 e. The van der Waals surface area contributed by atoms with Gasteiger partial charge in [-0.2, -0.15) is 0 Å². The number of fused-ring (bicyclic) bond motifs is 2. The van der Waals surface area contributed by atoms with Crippen LogP contribution in [0.3, 0.4) is 0 Å². The number of aryl methyl sites for hydroxylation is 1. The second-order valence-electron chi connectivity index (χ2n) is 8.01. The molecule has 0 N–H and O–H groups in total. The molecule has 0 fully saturated rings. The lowest BCUT2D eigenvalue weighted by atomic mass is 10.2. The van der Waals surface area contributed by atoms with E-state index in [1.807, 2.05) is 101 Å². The zero-order chi connectivity index (χ0) is 23.8. The highest BCUT2D eigenvalue weighted by Gasteiger charge is 2.28. The Morgan fingerprint density at radius 3 is 2.23 bits per heavy atom. The number of carbonyl (C=O) groups excluding carboxylic acids is 1. The van der Waals surface area contributed by atoms with Gasteiger partial charge in [-0.05, 0) is 55.5 Å². The summed E-state index contributed by atoms with van der Waals surface area (Å²) in [4.78, 5) is 17.6. The minimum absolute atomic E-state index is 0.0202. The molecular formula is C27H20N4O2S2. The molecule has 0 spiro atoms. The summed E-state index contributed by atoms with van der Waals surface area (Å²) in [6.45, 7) is 2.05. The van der Waals surface area contributed by atoms with Gasteiger partial charge in [-0.3, -0.25) is 14.3 Å². The number of carbonyl (C=O) groups is 1. The van der Waals surface area contributed by atoms with Gasteiger partial charge in [0.05, 0.1) is 23.4 Å². The van der Waals surface area contributed by atoms with E-state index in [0.29, 0.717) is 16.7 Å². The second kappa shape index (κ2) is 9.13. The van der Waals surface area contributed by atoms with E-state index in [1.165, 1.54) is 11.8 Å². The molecule has 0 unspecified atom stereocenters. The molecule has 6 nitrogen and oxygen atoms in total. The van der Waals surface area contributed by atoms with E-state index < -0.39 is 0 Å². The SMILES string of the molecule is Cc1ccc(-n2c(SCC(=O)N3c4ccccc4Sc4ccccc43)nnc2-c2ccco2)cc1. The highest BCUT2D eigenvalue weighted by Crippen LogP contribution is 2.48. The van der Waals surface area contributed by atoms with Gasteiger partial charge in [0.1, 0.15) is 0 Å². The number of nitrogens with zero attached hydrogens (tertiary/aromatic N) is 4. The molecule has 5 aromatic rings. The van der Waals surface area contributed by atoms with Gasteiger partial charge in [-0.15, -0.1) is 10.2 Å². The molecule has 0 bridgehead atoms. The summed E-state index contributed by atoms with van der Waals surface area (Å²) < 4.78 is 7.54. The van der Waals surface area contributed by atoms with Crippen molar-refractivity contribution in [2.75, 3.05) is 10.7 Å². The molecule has 172 valence electrons. The standard InChI is InChI=1S/C27H20N4O2S2/c1-18-12-14-19(15-13-18)30-26(22-9-6-16-33-22)28-29-27(30)34-17-25(32)31-20-7-2-4-10-23(20)35-24-11-5-3-8-21(24)31/h2-16H,17H2,1H3. The maximum atomic E-state index is 13.6. The van der Waals surface area contributed by atoms with Crippen molar-refractivity contribution >= 4 is 40.8 Å². The molecule has 1 amide bonds. The first kappa shape index (κ1) is 21.8. The first-order valence-corrected chi connectivity index (χ1v) is 12.9. The highest BCUT2D eigenvalue weighted by molar-refractivity contribution is 8.00. The van der Waals surface area contributed by atoms with E-state index >= 15 is 0 Å². The number of para-hydroxylation sites is 2. The summed E-state index contributed by atoms with van der Waals surface area (Å²) in [5.74, 6) is 1.40. The van der Waals surface area contributed by atoms with Crippen molar-refractivity contribution in [1.29, 1.82) is 0 Å². The predicted octanol–water partition coefficient (Wildman–Crippen LogP) is 6.76. The number of amides is 1. The van der Waals surface area contributed by atoms with Gasteiger partial charge in [-0.1, -0.05) is 65.5 Å². The molecule has 2 aromatic heterocycles. The van der Waals surface area contributed by atoms with Crippen LogP contribution in [0.25, 0.3) is 17.3 Å². The number of anilines is 2. The number of thioether (sulfide) groups is 1. The van der Waals surface area contributed by atoms with Crippen molar-refractivity contribution in [2.45, 2.75) is 21.9 Å². The number of hydrogen-bond acceptors (Lipinski definition) is 6. The number of benzene rings is 3. The van der Waals surface area contributed by atoms with E-state index in [9.17, 15) is 4.79 Å². The van der Waals surface area contributed by atoms with Gasteiger partial charge in [0.2, 0.25) is 11.7 Å². The van der Waals surface area contributed by atoms with Gasteiger partial charge >= 0.3 is 0 Å². The van der Waals surface area contributed by atoms with Crippen LogP contribution in [-0.4, -0.2) is 26.4 Å². The molecule has 1 aliphatic rings.